The lowest BCUT2D eigenvalue weighted by atomic mass is 9.80. The second-order valence-corrected chi connectivity index (χ2v) is 8.46. The van der Waals surface area contributed by atoms with Gasteiger partial charge < -0.3 is 5.32 Å². The molecule has 1 rings (SSSR count). The third-order valence-corrected chi connectivity index (χ3v) is 7.04. The number of hydrogen-bond acceptors (Lipinski definition) is 3. The quantitative estimate of drug-likeness (QED) is 0.838. The molecule has 1 aliphatic rings. The highest BCUT2D eigenvalue weighted by Gasteiger charge is 2.41. The largest absolute Gasteiger partial charge is 0.316 e. The van der Waals surface area contributed by atoms with E-state index < -0.39 is 9.84 Å². The van der Waals surface area contributed by atoms with E-state index in [2.05, 4.69) is 26.1 Å². The fourth-order valence-corrected chi connectivity index (χ4v) is 6.16. The van der Waals surface area contributed by atoms with Gasteiger partial charge in [0.1, 0.15) is 0 Å². The lowest BCUT2D eigenvalue weighted by Gasteiger charge is -2.39. The molecule has 1 aliphatic carbocycles. The van der Waals surface area contributed by atoms with Crippen molar-refractivity contribution in [3.63, 3.8) is 0 Å². The van der Waals surface area contributed by atoms with Gasteiger partial charge in [-0.05, 0) is 37.6 Å². The molecule has 0 radical (unpaired) electrons. The van der Waals surface area contributed by atoms with Crippen molar-refractivity contribution in [3.8, 4) is 0 Å². The zero-order chi connectivity index (χ0) is 13.9. The van der Waals surface area contributed by atoms with Crippen LogP contribution in [0, 0.1) is 17.8 Å². The average molecular weight is 275 g/mol. The Bertz CT molecular complexity index is 353. The summed E-state index contributed by atoms with van der Waals surface area (Å²) in [4.78, 5) is 0. The third kappa shape index (κ3) is 3.70. The Hall–Kier alpha value is -0.0900. The molecule has 0 spiro atoms. The van der Waals surface area contributed by atoms with Gasteiger partial charge in [0.25, 0.3) is 0 Å². The minimum atomic E-state index is -2.99. The molecule has 0 aromatic rings. The summed E-state index contributed by atoms with van der Waals surface area (Å²) in [5, 5.41) is 3.03. The van der Waals surface area contributed by atoms with E-state index in [-0.39, 0.29) is 23.1 Å². The normalized spacial score (nSPS) is 35.4. The van der Waals surface area contributed by atoms with Crippen LogP contribution < -0.4 is 5.32 Å². The molecule has 0 heterocycles. The van der Waals surface area contributed by atoms with Crippen LogP contribution in [0.5, 0.6) is 0 Å². The van der Waals surface area contributed by atoms with Crippen molar-refractivity contribution in [3.05, 3.63) is 0 Å². The number of hydrogen-bond donors (Lipinski definition) is 1. The summed E-state index contributed by atoms with van der Waals surface area (Å²) < 4.78 is 25.2. The van der Waals surface area contributed by atoms with Crippen molar-refractivity contribution >= 4 is 9.84 Å². The molecule has 5 atom stereocenters. The second kappa shape index (κ2) is 6.38. The molecule has 1 saturated carbocycles. The van der Waals surface area contributed by atoms with Gasteiger partial charge in [0.15, 0.2) is 9.84 Å². The van der Waals surface area contributed by atoms with E-state index in [9.17, 15) is 8.42 Å². The average Bonchev–Trinajstić information content (AvgIpc) is 2.26. The molecule has 0 saturated heterocycles. The molecular formula is C14H29NO2S. The van der Waals surface area contributed by atoms with E-state index in [4.69, 9.17) is 0 Å². The molecule has 3 nitrogen and oxygen atoms in total. The highest BCUT2D eigenvalue weighted by atomic mass is 32.2. The SMILES string of the molecule is CCC(C)CS(=O)(=O)C1C(C)CC(C)CC1NC. The first-order valence-corrected chi connectivity index (χ1v) is 8.92. The lowest BCUT2D eigenvalue weighted by Crippen LogP contribution is -2.51. The van der Waals surface area contributed by atoms with Gasteiger partial charge in [0, 0.05) is 6.04 Å². The molecule has 18 heavy (non-hydrogen) atoms. The van der Waals surface area contributed by atoms with Crippen LogP contribution >= 0.6 is 0 Å². The summed E-state index contributed by atoms with van der Waals surface area (Å²) in [6.07, 6.45) is 2.94. The summed E-state index contributed by atoms with van der Waals surface area (Å²) >= 11 is 0. The van der Waals surface area contributed by atoms with Gasteiger partial charge >= 0.3 is 0 Å². The zero-order valence-corrected chi connectivity index (χ0v) is 13.3. The third-order valence-electron chi connectivity index (χ3n) is 4.39. The summed E-state index contributed by atoms with van der Waals surface area (Å²) in [5.74, 6) is 1.48. The predicted molar refractivity (Wildman–Crippen MR) is 77.4 cm³/mol. The maximum Gasteiger partial charge on any atom is 0.155 e. The highest BCUT2D eigenvalue weighted by molar-refractivity contribution is 7.92. The Morgan fingerprint density at radius 3 is 2.39 bits per heavy atom. The van der Waals surface area contributed by atoms with Gasteiger partial charge in [0.05, 0.1) is 11.0 Å². The van der Waals surface area contributed by atoms with Crippen molar-refractivity contribution in [1.29, 1.82) is 0 Å². The molecule has 0 amide bonds. The lowest BCUT2D eigenvalue weighted by molar-refractivity contribution is 0.249. The van der Waals surface area contributed by atoms with Crippen molar-refractivity contribution in [2.45, 2.75) is 58.2 Å². The molecule has 0 aromatic carbocycles. The Morgan fingerprint density at radius 2 is 1.89 bits per heavy atom. The summed E-state index contributed by atoms with van der Waals surface area (Å²) in [5.41, 5.74) is 0. The first kappa shape index (κ1) is 16.0. The van der Waals surface area contributed by atoms with Gasteiger partial charge in [0.2, 0.25) is 0 Å². The molecule has 1 fully saturated rings. The molecule has 108 valence electrons. The molecule has 0 aliphatic heterocycles. The molecule has 0 bridgehead atoms. The Balaban J connectivity index is 2.89. The van der Waals surface area contributed by atoms with Crippen LogP contribution in [0.1, 0.15) is 47.0 Å². The summed E-state index contributed by atoms with van der Waals surface area (Å²) in [6.45, 7) is 8.40. The molecule has 1 N–H and O–H groups in total. The van der Waals surface area contributed by atoms with Crippen molar-refractivity contribution < 1.29 is 8.42 Å². The van der Waals surface area contributed by atoms with Crippen molar-refractivity contribution in [1.82, 2.24) is 5.32 Å². The monoisotopic (exact) mass is 275 g/mol. The van der Waals surface area contributed by atoms with Crippen LogP contribution in [-0.2, 0) is 9.84 Å². The van der Waals surface area contributed by atoms with E-state index >= 15 is 0 Å². The maximum atomic E-state index is 12.6. The minimum Gasteiger partial charge on any atom is -0.316 e. The predicted octanol–water partition coefficient (Wildman–Crippen LogP) is 2.47. The zero-order valence-electron chi connectivity index (χ0n) is 12.4. The van der Waals surface area contributed by atoms with Crippen LogP contribution in [0.4, 0.5) is 0 Å². The van der Waals surface area contributed by atoms with Gasteiger partial charge in [-0.2, -0.15) is 0 Å². The fraction of sp³-hybridized carbons (Fsp3) is 1.00. The number of rotatable bonds is 5. The molecular weight excluding hydrogens is 246 g/mol. The Labute approximate surface area is 113 Å². The van der Waals surface area contributed by atoms with Gasteiger partial charge in [-0.15, -0.1) is 0 Å². The molecule has 4 heteroatoms. The van der Waals surface area contributed by atoms with E-state index in [0.717, 1.165) is 19.3 Å². The van der Waals surface area contributed by atoms with Gasteiger partial charge in [-0.3, -0.25) is 0 Å². The second-order valence-electron chi connectivity index (χ2n) is 6.26. The first-order valence-electron chi connectivity index (χ1n) is 7.20. The van der Waals surface area contributed by atoms with E-state index in [0.29, 0.717) is 11.7 Å². The number of nitrogens with one attached hydrogen (secondary N) is 1. The Kier molecular flexibility index (Phi) is 5.66. The maximum absolute atomic E-state index is 12.6. The topological polar surface area (TPSA) is 46.2 Å². The van der Waals surface area contributed by atoms with Crippen molar-refractivity contribution in [2.24, 2.45) is 17.8 Å². The van der Waals surface area contributed by atoms with E-state index in [1.54, 1.807) is 0 Å². The summed E-state index contributed by atoms with van der Waals surface area (Å²) in [6, 6.07) is 0.123. The van der Waals surface area contributed by atoms with Crippen LogP contribution in [0.25, 0.3) is 0 Å². The Morgan fingerprint density at radius 1 is 1.28 bits per heavy atom. The van der Waals surface area contributed by atoms with Crippen molar-refractivity contribution in [2.75, 3.05) is 12.8 Å². The number of sulfone groups is 1. The van der Waals surface area contributed by atoms with Crippen LogP contribution in [-0.4, -0.2) is 32.5 Å². The van der Waals surface area contributed by atoms with Crippen LogP contribution in [0.3, 0.4) is 0 Å². The molecule has 0 aromatic heterocycles. The first-order chi connectivity index (χ1) is 8.31. The van der Waals surface area contributed by atoms with Crippen LogP contribution in [0.2, 0.25) is 0 Å². The van der Waals surface area contributed by atoms with Crippen LogP contribution in [0.15, 0.2) is 0 Å². The standard InChI is InChI=1S/C14H29NO2S/c1-6-10(2)9-18(16,17)14-12(4)7-11(3)8-13(14)15-5/h10-15H,6-9H2,1-5H3. The smallest absolute Gasteiger partial charge is 0.155 e. The fourth-order valence-electron chi connectivity index (χ4n) is 3.34. The van der Waals surface area contributed by atoms with E-state index in [1.807, 2.05) is 14.0 Å². The minimum absolute atomic E-state index is 0.123. The van der Waals surface area contributed by atoms with E-state index in [1.165, 1.54) is 0 Å². The summed E-state index contributed by atoms with van der Waals surface area (Å²) in [7, 11) is -1.10. The highest BCUT2D eigenvalue weighted by Crippen LogP contribution is 2.34. The van der Waals surface area contributed by atoms with Gasteiger partial charge in [-0.25, -0.2) is 8.42 Å². The molecule has 5 unspecified atom stereocenters. The van der Waals surface area contributed by atoms with Gasteiger partial charge in [-0.1, -0.05) is 34.1 Å².